The lowest BCUT2D eigenvalue weighted by Gasteiger charge is -2.22. The molecule has 1 fully saturated rings. The zero-order valence-electron chi connectivity index (χ0n) is 13.5. The van der Waals surface area contributed by atoms with E-state index in [0.29, 0.717) is 0 Å². The Bertz CT molecular complexity index is 573. The zero-order chi connectivity index (χ0) is 20.1. The lowest BCUT2D eigenvalue weighted by molar-refractivity contribution is -0.910. The lowest BCUT2D eigenvalue weighted by atomic mass is 10.2. The van der Waals surface area contributed by atoms with E-state index >= 15 is 0 Å². The molecule has 25 heavy (non-hydrogen) atoms. The summed E-state index contributed by atoms with van der Waals surface area (Å²) < 4.78 is 109. The molecule has 0 aliphatic carbocycles. The Morgan fingerprint density at radius 1 is 1.00 bits per heavy atom. The Kier molecular flexibility index (Phi) is 8.65. The maximum absolute atomic E-state index is 11.4. The summed E-state index contributed by atoms with van der Waals surface area (Å²) in [5.74, 6) is 0. The lowest BCUT2D eigenvalue weighted by Crippen LogP contribution is -3.13. The Hall–Kier alpha value is -0.600. The Labute approximate surface area is 142 Å². The minimum absolute atomic E-state index is 0.778. The quantitative estimate of drug-likeness (QED) is 0.686. The van der Waals surface area contributed by atoms with Gasteiger partial charge in [0.1, 0.15) is 0 Å². The van der Waals surface area contributed by atoms with Gasteiger partial charge in [-0.05, 0) is 13.3 Å². The van der Waals surface area contributed by atoms with Crippen molar-refractivity contribution in [1.29, 1.82) is 0 Å². The summed E-state index contributed by atoms with van der Waals surface area (Å²) in [5.41, 5.74) is -12.4. The first-order chi connectivity index (χ1) is 11.0. The van der Waals surface area contributed by atoms with Crippen LogP contribution in [-0.2, 0) is 20.0 Å². The van der Waals surface area contributed by atoms with Crippen molar-refractivity contribution in [2.75, 3.05) is 13.1 Å². The summed E-state index contributed by atoms with van der Waals surface area (Å²) in [4.78, 5) is 1.85. The molecule has 0 bridgehead atoms. The molecule has 2 atom stereocenters. The number of sulfonamides is 2. The molecule has 1 aliphatic heterocycles. The van der Waals surface area contributed by atoms with Gasteiger partial charge < -0.3 is 9.03 Å². The Balaban J connectivity index is 0.000000496. The molecule has 1 rings (SSSR count). The van der Waals surface area contributed by atoms with E-state index < -0.39 is 31.1 Å². The van der Waals surface area contributed by atoms with Crippen LogP contribution in [0.3, 0.4) is 0 Å². The van der Waals surface area contributed by atoms with Crippen LogP contribution in [0.2, 0.25) is 0 Å². The highest BCUT2D eigenvalue weighted by Gasteiger charge is 2.46. The number of unbranched alkanes of at least 4 members (excludes halogenated alkanes) is 1. The topological polar surface area (TPSA) is 86.8 Å². The van der Waals surface area contributed by atoms with Crippen molar-refractivity contribution in [2.24, 2.45) is 0 Å². The zero-order valence-corrected chi connectivity index (χ0v) is 15.1. The van der Waals surface area contributed by atoms with Gasteiger partial charge in [0.15, 0.2) is 20.0 Å². The van der Waals surface area contributed by atoms with E-state index in [0.717, 1.165) is 10.2 Å². The maximum Gasteiger partial charge on any atom is 0.480 e. The summed E-state index contributed by atoms with van der Waals surface area (Å²) in [6.45, 7) is 7.51. The second kappa shape index (κ2) is 8.86. The van der Waals surface area contributed by atoms with Crippen molar-refractivity contribution in [2.45, 2.75) is 56.6 Å². The van der Waals surface area contributed by atoms with Crippen molar-refractivity contribution >= 4 is 20.0 Å². The van der Waals surface area contributed by atoms with Crippen LogP contribution in [0.25, 0.3) is 4.13 Å². The van der Waals surface area contributed by atoms with Gasteiger partial charge in [0, 0.05) is 12.8 Å². The number of alkyl halides is 6. The molecule has 0 aromatic heterocycles. The molecular formula is C11H20F6N2O4S2. The fourth-order valence-electron chi connectivity index (χ4n) is 2.07. The minimum atomic E-state index is -6.72. The highest BCUT2D eigenvalue weighted by atomic mass is 32.3. The van der Waals surface area contributed by atoms with Crippen LogP contribution in [-0.4, -0.2) is 47.0 Å². The van der Waals surface area contributed by atoms with Crippen LogP contribution >= 0.6 is 0 Å². The molecular weight excluding hydrogens is 402 g/mol. The molecule has 1 saturated heterocycles. The molecule has 0 radical (unpaired) electrons. The number of rotatable bonds is 5. The smallest absolute Gasteiger partial charge is 0.421 e. The third-order valence-electron chi connectivity index (χ3n) is 3.46. The maximum atomic E-state index is 11.4. The van der Waals surface area contributed by atoms with Crippen molar-refractivity contribution in [3.8, 4) is 0 Å². The SMILES string of the molecule is CCCC[NH+]1CCCC1C.O=S(=O)([N-]S(=O)(=O)C(F)(F)F)C(F)(F)F. The van der Waals surface area contributed by atoms with Gasteiger partial charge in [-0.2, -0.15) is 26.3 Å². The molecule has 1 aliphatic rings. The average molecular weight is 422 g/mol. The molecule has 152 valence electrons. The van der Waals surface area contributed by atoms with Crippen LogP contribution in [0.1, 0.15) is 39.5 Å². The van der Waals surface area contributed by atoms with Crippen molar-refractivity contribution in [1.82, 2.24) is 0 Å². The van der Waals surface area contributed by atoms with Gasteiger partial charge in [0.25, 0.3) is 0 Å². The largest absolute Gasteiger partial charge is 0.480 e. The molecule has 14 heteroatoms. The monoisotopic (exact) mass is 422 g/mol. The second-order valence-corrected chi connectivity index (χ2v) is 8.89. The van der Waals surface area contributed by atoms with Crippen molar-refractivity contribution in [3.63, 3.8) is 0 Å². The first-order valence-corrected chi connectivity index (χ1v) is 10.1. The normalized spacial score (nSPS) is 22.4. The number of hydrogen-bond acceptors (Lipinski definition) is 4. The molecule has 1 heterocycles. The van der Waals surface area contributed by atoms with E-state index in [-0.39, 0.29) is 0 Å². The van der Waals surface area contributed by atoms with Crippen LogP contribution in [0.15, 0.2) is 0 Å². The summed E-state index contributed by atoms with van der Waals surface area (Å²) in [6, 6.07) is 0.951. The molecule has 0 aromatic carbocycles. The second-order valence-electron chi connectivity index (χ2n) is 5.47. The van der Waals surface area contributed by atoms with Crippen LogP contribution in [0, 0.1) is 0 Å². The molecule has 2 unspecified atom stereocenters. The third kappa shape index (κ3) is 7.66. The number of nitrogens with zero attached hydrogens (tertiary/aromatic N) is 1. The van der Waals surface area contributed by atoms with Gasteiger partial charge in [-0.15, -0.1) is 0 Å². The number of nitrogens with one attached hydrogen (secondary N) is 1. The number of quaternary nitrogens is 1. The first kappa shape index (κ1) is 24.4. The van der Waals surface area contributed by atoms with E-state index in [1.54, 1.807) is 0 Å². The van der Waals surface area contributed by atoms with E-state index in [9.17, 15) is 43.2 Å². The Morgan fingerprint density at radius 2 is 1.44 bits per heavy atom. The molecule has 0 spiro atoms. The molecule has 6 nitrogen and oxygen atoms in total. The third-order valence-corrected chi connectivity index (χ3v) is 6.20. The standard InChI is InChI=1S/C9H19N.C2F6NO4S2/c1-3-4-7-10-8-5-6-9(10)2;3-1(4,5)14(10,11)9-15(12,13)2(6,7)8/h9H,3-8H2,1-2H3;/q;-1/p+1. The molecule has 0 amide bonds. The van der Waals surface area contributed by atoms with Gasteiger partial charge in [0.05, 0.1) is 19.1 Å². The van der Waals surface area contributed by atoms with Gasteiger partial charge in [-0.1, -0.05) is 13.3 Å². The van der Waals surface area contributed by atoms with E-state index in [1.807, 2.05) is 4.90 Å². The Morgan fingerprint density at radius 3 is 1.72 bits per heavy atom. The summed E-state index contributed by atoms with van der Waals surface area (Å²) >= 11 is 0. The highest BCUT2D eigenvalue weighted by molar-refractivity contribution is 8.13. The van der Waals surface area contributed by atoms with E-state index in [1.165, 1.54) is 38.8 Å². The summed E-state index contributed by atoms with van der Waals surface area (Å²) in [7, 11) is -13.4. The molecule has 0 aromatic rings. The molecule has 1 N–H and O–H groups in total. The van der Waals surface area contributed by atoms with Crippen molar-refractivity contribution in [3.05, 3.63) is 4.13 Å². The van der Waals surface area contributed by atoms with E-state index in [2.05, 4.69) is 13.8 Å². The first-order valence-electron chi connectivity index (χ1n) is 7.26. The van der Waals surface area contributed by atoms with E-state index in [4.69, 9.17) is 0 Å². The predicted octanol–water partition coefficient (Wildman–Crippen LogP) is 1.91. The minimum Gasteiger partial charge on any atom is -0.421 e. The molecule has 0 saturated carbocycles. The summed E-state index contributed by atoms with van der Waals surface area (Å²) in [6.07, 6.45) is 5.69. The van der Waals surface area contributed by atoms with Gasteiger partial charge >= 0.3 is 11.0 Å². The number of likely N-dealkylation sites (tertiary alicyclic amines) is 1. The fourth-order valence-corrected chi connectivity index (χ4v) is 3.78. The predicted molar refractivity (Wildman–Crippen MR) is 77.6 cm³/mol. The number of hydrogen-bond donors (Lipinski definition) is 1. The van der Waals surface area contributed by atoms with Crippen LogP contribution < -0.4 is 4.90 Å². The van der Waals surface area contributed by atoms with Crippen LogP contribution in [0.4, 0.5) is 26.3 Å². The van der Waals surface area contributed by atoms with Crippen LogP contribution in [0.5, 0.6) is 0 Å². The van der Waals surface area contributed by atoms with Gasteiger partial charge in [-0.3, -0.25) is 0 Å². The average Bonchev–Trinajstić information content (AvgIpc) is 2.78. The van der Waals surface area contributed by atoms with Gasteiger partial charge in [-0.25, -0.2) is 16.8 Å². The number of halogens is 6. The highest BCUT2D eigenvalue weighted by Crippen LogP contribution is 2.36. The van der Waals surface area contributed by atoms with Crippen molar-refractivity contribution < 1.29 is 48.1 Å². The fraction of sp³-hybridized carbons (Fsp3) is 1.00. The van der Waals surface area contributed by atoms with Gasteiger partial charge in [0.2, 0.25) is 0 Å². The summed E-state index contributed by atoms with van der Waals surface area (Å²) in [5, 5.41) is 0.